The Hall–Kier alpha value is -1.92. The summed E-state index contributed by atoms with van der Waals surface area (Å²) in [6.45, 7) is 1.96. The van der Waals surface area contributed by atoms with Gasteiger partial charge in [-0.15, -0.1) is 34.0 Å². The monoisotopic (exact) mass is 506 g/mol. The molecule has 0 fully saturated rings. The number of rotatable bonds is 7. The van der Waals surface area contributed by atoms with E-state index in [2.05, 4.69) is 57.9 Å². The van der Waals surface area contributed by atoms with E-state index in [0.29, 0.717) is 0 Å². The fraction of sp³-hybridized carbons (Fsp3) is 0.273. The lowest BCUT2D eigenvalue weighted by Crippen LogP contribution is -2.03. The molecule has 6 heteroatoms. The van der Waals surface area contributed by atoms with Crippen molar-refractivity contribution in [2.24, 2.45) is 0 Å². The van der Waals surface area contributed by atoms with Crippen molar-refractivity contribution in [3.63, 3.8) is 0 Å². The van der Waals surface area contributed by atoms with Gasteiger partial charge in [0.2, 0.25) is 0 Å². The molecule has 0 bridgehead atoms. The van der Waals surface area contributed by atoms with Crippen LogP contribution in [-0.4, -0.2) is 9.13 Å². The largest absolute Gasteiger partial charge is 0.385 e. The van der Waals surface area contributed by atoms with Gasteiger partial charge in [-0.3, -0.25) is 0 Å². The Balaban J connectivity index is 0.00000140. The maximum absolute atomic E-state index is 6.26. The van der Waals surface area contributed by atoms with Crippen molar-refractivity contribution in [2.45, 2.75) is 38.8 Å². The van der Waals surface area contributed by atoms with Gasteiger partial charge in [0.1, 0.15) is 11.6 Å². The molecule has 0 saturated carbocycles. The van der Waals surface area contributed by atoms with Crippen LogP contribution in [0, 0.1) is 0 Å². The molecule has 4 nitrogen and oxygen atoms in total. The van der Waals surface area contributed by atoms with Gasteiger partial charge in [-0.05, 0) is 12.8 Å². The van der Waals surface area contributed by atoms with Crippen molar-refractivity contribution in [1.82, 2.24) is 9.13 Å². The first-order valence-corrected chi connectivity index (χ1v) is 9.41. The molecule has 2 heterocycles. The molecule has 0 aliphatic heterocycles. The van der Waals surface area contributed by atoms with Crippen LogP contribution < -0.4 is 11.5 Å². The van der Waals surface area contributed by atoms with Crippen molar-refractivity contribution in [3.05, 3.63) is 60.9 Å². The lowest BCUT2D eigenvalue weighted by atomic mass is 10.2. The molecule has 2 aromatic heterocycles. The molecule has 0 unspecified atom stereocenters. The molecule has 0 spiro atoms. The van der Waals surface area contributed by atoms with Crippen LogP contribution in [0.1, 0.15) is 25.7 Å². The topological polar surface area (TPSA) is 61.9 Å². The molecule has 0 atom stereocenters. The number of aryl methyl sites for hydroxylation is 2. The summed E-state index contributed by atoms with van der Waals surface area (Å²) < 4.78 is 4.36. The zero-order chi connectivity index (χ0) is 17.9. The Morgan fingerprint density at radius 3 is 1.36 bits per heavy atom. The number of nitrogens with zero attached hydrogens (tertiary/aromatic N) is 2. The third-order valence-corrected chi connectivity index (χ3v) is 5.23. The Kier molecular flexibility index (Phi) is 8.01. The first-order chi connectivity index (χ1) is 12.7. The van der Waals surface area contributed by atoms with Gasteiger partial charge < -0.3 is 20.6 Å². The fourth-order valence-electron chi connectivity index (χ4n) is 3.76. The Morgan fingerprint density at radius 1 is 0.571 bits per heavy atom. The summed E-state index contributed by atoms with van der Waals surface area (Å²) in [6, 6.07) is 16.6. The van der Waals surface area contributed by atoms with Gasteiger partial charge in [0.05, 0.1) is 0 Å². The van der Waals surface area contributed by atoms with E-state index in [1.165, 1.54) is 23.6 Å². The fourth-order valence-corrected chi connectivity index (χ4v) is 3.76. The number of aromatic nitrogens is 2. The predicted molar refractivity (Wildman–Crippen MR) is 132 cm³/mol. The normalized spacial score (nSPS) is 10.7. The Bertz CT molecular complexity index is 952. The number of hydrogen-bond acceptors (Lipinski definition) is 2. The van der Waals surface area contributed by atoms with E-state index in [1.54, 1.807) is 0 Å². The Morgan fingerprint density at radius 2 is 0.964 bits per heavy atom. The van der Waals surface area contributed by atoms with Crippen LogP contribution in [0.25, 0.3) is 21.5 Å². The van der Waals surface area contributed by atoms with Crippen molar-refractivity contribution in [1.29, 1.82) is 0 Å². The Labute approximate surface area is 187 Å². The summed E-state index contributed by atoms with van der Waals surface area (Å²) in [5.41, 5.74) is 12.5. The molecule has 4 N–H and O–H groups in total. The quantitative estimate of drug-likeness (QED) is 0.293. The highest BCUT2D eigenvalue weighted by atomic mass is 79.9. The van der Waals surface area contributed by atoms with Crippen LogP contribution in [0.15, 0.2) is 60.9 Å². The first-order valence-electron chi connectivity index (χ1n) is 9.41. The summed E-state index contributed by atoms with van der Waals surface area (Å²) >= 11 is 0. The first kappa shape index (κ1) is 22.4. The minimum Gasteiger partial charge on any atom is -0.385 e. The maximum Gasteiger partial charge on any atom is 0.111 e. The number of unbranched alkanes of at least 4 members (excludes halogenated alkanes) is 3. The number of anilines is 2. The summed E-state index contributed by atoms with van der Waals surface area (Å²) in [6.07, 6.45) is 9.03. The average molecular weight is 508 g/mol. The zero-order valence-electron chi connectivity index (χ0n) is 15.9. The number of hydrogen-bond donors (Lipinski definition) is 2. The van der Waals surface area contributed by atoms with Crippen molar-refractivity contribution in [2.75, 3.05) is 11.5 Å². The molecule has 0 amide bonds. The van der Waals surface area contributed by atoms with E-state index in [4.69, 9.17) is 11.5 Å². The van der Waals surface area contributed by atoms with E-state index in [0.717, 1.165) is 48.3 Å². The molecular formula is C22H28Br2N4. The molecular weight excluding hydrogens is 480 g/mol. The second kappa shape index (κ2) is 10.0. The highest BCUT2D eigenvalue weighted by molar-refractivity contribution is 8.93. The van der Waals surface area contributed by atoms with Crippen LogP contribution in [-0.2, 0) is 13.1 Å². The second-order valence-electron chi connectivity index (χ2n) is 7.00. The zero-order valence-corrected chi connectivity index (χ0v) is 19.3. The molecule has 4 aromatic rings. The van der Waals surface area contributed by atoms with Crippen molar-refractivity contribution in [3.8, 4) is 0 Å². The standard InChI is InChI=1S/C22H26N4.2BrH/c23-21-19-11-5-3-9-17(19)15-25(21)13-7-1-2-8-14-26-16-18-10-4-6-12-20(18)22(26)24;;/h3-6,9-12,15-16H,1-2,7-8,13-14,23-24H2;2*1H. The third-order valence-electron chi connectivity index (χ3n) is 5.23. The van der Waals surface area contributed by atoms with E-state index in [1.807, 2.05) is 12.1 Å². The number of nitrogens with two attached hydrogens (primary N) is 2. The number of nitrogen functional groups attached to an aromatic ring is 2. The van der Waals surface area contributed by atoms with Crippen molar-refractivity contribution < 1.29 is 0 Å². The van der Waals surface area contributed by atoms with Crippen LogP contribution in [0.5, 0.6) is 0 Å². The van der Waals surface area contributed by atoms with Gasteiger partial charge in [0.25, 0.3) is 0 Å². The van der Waals surface area contributed by atoms with E-state index in [9.17, 15) is 0 Å². The van der Waals surface area contributed by atoms with E-state index < -0.39 is 0 Å². The average Bonchev–Trinajstić information content (AvgIpc) is 3.16. The molecule has 4 rings (SSSR count). The number of benzene rings is 2. The molecule has 0 saturated heterocycles. The summed E-state index contributed by atoms with van der Waals surface area (Å²) in [7, 11) is 0. The minimum atomic E-state index is 0. The SMILES string of the molecule is Br.Br.Nc1c2ccccc2cn1CCCCCCn1cc2ccccc2c1N. The molecule has 0 aliphatic rings. The van der Waals surface area contributed by atoms with Gasteiger partial charge >= 0.3 is 0 Å². The number of fused-ring (bicyclic) bond motifs is 2. The summed E-state index contributed by atoms with van der Waals surface area (Å²) in [4.78, 5) is 0. The van der Waals surface area contributed by atoms with E-state index in [-0.39, 0.29) is 34.0 Å². The summed E-state index contributed by atoms with van der Waals surface area (Å²) in [5, 5.41) is 4.76. The lowest BCUT2D eigenvalue weighted by Gasteiger charge is -2.07. The van der Waals surface area contributed by atoms with E-state index >= 15 is 0 Å². The van der Waals surface area contributed by atoms with Gasteiger partial charge in [0, 0.05) is 47.0 Å². The van der Waals surface area contributed by atoms with Gasteiger partial charge in [-0.1, -0.05) is 61.4 Å². The van der Waals surface area contributed by atoms with Gasteiger partial charge in [-0.25, -0.2) is 0 Å². The third kappa shape index (κ3) is 4.55. The molecule has 0 aliphatic carbocycles. The highest BCUT2D eigenvalue weighted by Crippen LogP contribution is 2.25. The second-order valence-corrected chi connectivity index (χ2v) is 7.00. The predicted octanol–water partition coefficient (Wildman–Crippen LogP) is 6.18. The molecule has 150 valence electrons. The van der Waals surface area contributed by atoms with Gasteiger partial charge in [0.15, 0.2) is 0 Å². The smallest absolute Gasteiger partial charge is 0.111 e. The van der Waals surface area contributed by atoms with Crippen LogP contribution in [0.4, 0.5) is 11.6 Å². The van der Waals surface area contributed by atoms with Crippen LogP contribution in [0.2, 0.25) is 0 Å². The molecule has 2 aromatic carbocycles. The van der Waals surface area contributed by atoms with Gasteiger partial charge in [-0.2, -0.15) is 0 Å². The highest BCUT2D eigenvalue weighted by Gasteiger charge is 2.06. The molecule has 28 heavy (non-hydrogen) atoms. The molecule has 0 radical (unpaired) electrons. The lowest BCUT2D eigenvalue weighted by molar-refractivity contribution is 0.546. The number of halogens is 2. The van der Waals surface area contributed by atoms with Crippen LogP contribution in [0.3, 0.4) is 0 Å². The van der Waals surface area contributed by atoms with Crippen molar-refractivity contribution >= 4 is 67.1 Å². The van der Waals surface area contributed by atoms with Crippen LogP contribution >= 0.6 is 34.0 Å². The summed E-state index contributed by atoms with van der Waals surface area (Å²) in [5.74, 6) is 1.76. The minimum absolute atomic E-state index is 0. The maximum atomic E-state index is 6.26.